The Bertz CT molecular complexity index is 748. The molecule has 0 amide bonds. The summed E-state index contributed by atoms with van der Waals surface area (Å²) < 4.78 is 6.08. The molecule has 0 aliphatic heterocycles. The summed E-state index contributed by atoms with van der Waals surface area (Å²) in [4.78, 5) is 10.5. The van der Waals surface area contributed by atoms with Gasteiger partial charge < -0.3 is 4.42 Å². The summed E-state index contributed by atoms with van der Waals surface area (Å²) in [6.07, 6.45) is 0. The van der Waals surface area contributed by atoms with Crippen LogP contribution in [0.25, 0.3) is 21.9 Å². The lowest BCUT2D eigenvalue weighted by atomic mass is 10.1. The van der Waals surface area contributed by atoms with Gasteiger partial charge in [0.2, 0.25) is 0 Å². The molecule has 2 aromatic carbocycles. The highest BCUT2D eigenvalue weighted by molar-refractivity contribution is 9.10. The van der Waals surface area contributed by atoms with Gasteiger partial charge in [-0.3, -0.25) is 10.1 Å². The molecule has 0 spiro atoms. The summed E-state index contributed by atoms with van der Waals surface area (Å²) in [7, 11) is 0. The first-order valence-corrected chi connectivity index (χ1v) is 5.72. The Balaban J connectivity index is 2.52. The van der Waals surface area contributed by atoms with Gasteiger partial charge in [-0.15, -0.1) is 0 Å². The Kier molecular flexibility index (Phi) is 2.16. The number of para-hydroxylation sites is 1. The molecule has 0 fully saturated rings. The van der Waals surface area contributed by atoms with Crippen LogP contribution in [0.1, 0.15) is 0 Å². The maximum Gasteiger partial charge on any atom is 0.284 e. The highest BCUT2D eigenvalue weighted by atomic mass is 79.9. The lowest BCUT2D eigenvalue weighted by Crippen LogP contribution is -1.88. The summed E-state index contributed by atoms with van der Waals surface area (Å²) in [5.41, 5.74) is 1.41. The van der Waals surface area contributed by atoms with Crippen molar-refractivity contribution in [3.8, 4) is 0 Å². The lowest BCUT2D eigenvalue weighted by Gasteiger charge is -1.96. The van der Waals surface area contributed by atoms with E-state index in [-0.39, 0.29) is 5.69 Å². The maximum absolute atomic E-state index is 10.9. The smallest absolute Gasteiger partial charge is 0.284 e. The van der Waals surface area contributed by atoms with Crippen LogP contribution in [0.5, 0.6) is 0 Å². The van der Waals surface area contributed by atoms with Crippen molar-refractivity contribution in [1.82, 2.24) is 0 Å². The Hall–Kier alpha value is -1.88. The average molecular weight is 292 g/mol. The molecule has 0 saturated carbocycles. The van der Waals surface area contributed by atoms with E-state index in [9.17, 15) is 10.1 Å². The standard InChI is InChI=1S/C12H6BrNO3/c13-12-8(14(15)16)5-6-10-11(12)7-3-1-2-4-9(7)17-10/h1-6H. The minimum Gasteiger partial charge on any atom is -0.456 e. The Morgan fingerprint density at radius 1 is 1.12 bits per heavy atom. The van der Waals surface area contributed by atoms with Crippen LogP contribution in [0.2, 0.25) is 0 Å². The fourth-order valence-electron chi connectivity index (χ4n) is 1.91. The van der Waals surface area contributed by atoms with Crippen LogP contribution in [-0.2, 0) is 0 Å². The number of benzene rings is 2. The van der Waals surface area contributed by atoms with Crippen molar-refractivity contribution >= 4 is 43.6 Å². The number of rotatable bonds is 1. The fourth-order valence-corrected chi connectivity index (χ4v) is 2.59. The Morgan fingerprint density at radius 2 is 1.88 bits per heavy atom. The number of hydrogen-bond donors (Lipinski definition) is 0. The zero-order valence-electron chi connectivity index (χ0n) is 8.51. The van der Waals surface area contributed by atoms with Crippen molar-refractivity contribution < 1.29 is 9.34 Å². The van der Waals surface area contributed by atoms with Gasteiger partial charge in [0.05, 0.1) is 4.92 Å². The van der Waals surface area contributed by atoms with Gasteiger partial charge in [-0.2, -0.15) is 0 Å². The van der Waals surface area contributed by atoms with Crippen molar-refractivity contribution in [3.63, 3.8) is 0 Å². The summed E-state index contributed by atoms with van der Waals surface area (Å²) >= 11 is 3.28. The largest absolute Gasteiger partial charge is 0.456 e. The highest BCUT2D eigenvalue weighted by Gasteiger charge is 2.18. The van der Waals surface area contributed by atoms with E-state index in [1.165, 1.54) is 6.07 Å². The molecule has 84 valence electrons. The van der Waals surface area contributed by atoms with Crippen molar-refractivity contribution in [3.05, 3.63) is 51.0 Å². The number of nitrogens with zero attached hydrogens (tertiary/aromatic N) is 1. The quantitative estimate of drug-likeness (QED) is 0.497. The number of nitro benzene ring substituents is 1. The third kappa shape index (κ3) is 1.43. The number of furan rings is 1. The molecule has 0 bridgehead atoms. The molecular weight excluding hydrogens is 286 g/mol. The molecule has 1 aromatic heterocycles. The van der Waals surface area contributed by atoms with E-state index < -0.39 is 4.92 Å². The van der Waals surface area contributed by atoms with Gasteiger partial charge in [-0.05, 0) is 28.1 Å². The van der Waals surface area contributed by atoms with Crippen LogP contribution in [0.15, 0.2) is 45.3 Å². The number of nitro groups is 1. The molecule has 0 atom stereocenters. The third-order valence-corrected chi connectivity index (χ3v) is 3.46. The summed E-state index contributed by atoms with van der Waals surface area (Å²) in [5.74, 6) is 0. The van der Waals surface area contributed by atoms with Gasteiger partial charge in [-0.25, -0.2) is 0 Å². The molecule has 0 radical (unpaired) electrons. The van der Waals surface area contributed by atoms with Gasteiger partial charge in [0.15, 0.2) is 0 Å². The second-order valence-electron chi connectivity index (χ2n) is 3.63. The van der Waals surface area contributed by atoms with Gasteiger partial charge in [0, 0.05) is 16.8 Å². The number of halogens is 1. The summed E-state index contributed by atoms with van der Waals surface area (Å²) in [6.45, 7) is 0. The third-order valence-electron chi connectivity index (χ3n) is 2.66. The number of fused-ring (bicyclic) bond motifs is 3. The predicted octanol–water partition coefficient (Wildman–Crippen LogP) is 4.26. The first kappa shape index (κ1) is 10.3. The van der Waals surface area contributed by atoms with Gasteiger partial charge in [-0.1, -0.05) is 18.2 Å². The van der Waals surface area contributed by atoms with E-state index in [2.05, 4.69) is 15.9 Å². The zero-order chi connectivity index (χ0) is 12.0. The molecule has 0 saturated heterocycles. The van der Waals surface area contributed by atoms with E-state index in [4.69, 9.17) is 4.42 Å². The monoisotopic (exact) mass is 291 g/mol. The molecule has 17 heavy (non-hydrogen) atoms. The Labute approximate surface area is 104 Å². The van der Waals surface area contributed by atoms with Crippen LogP contribution >= 0.6 is 15.9 Å². The fraction of sp³-hybridized carbons (Fsp3) is 0. The topological polar surface area (TPSA) is 56.3 Å². The van der Waals surface area contributed by atoms with Crippen molar-refractivity contribution in [2.75, 3.05) is 0 Å². The summed E-state index contributed by atoms with van der Waals surface area (Å²) in [5, 5.41) is 12.5. The zero-order valence-corrected chi connectivity index (χ0v) is 10.1. The van der Waals surface area contributed by atoms with Crippen LogP contribution in [-0.4, -0.2) is 4.92 Å². The van der Waals surface area contributed by atoms with Crippen LogP contribution in [0, 0.1) is 10.1 Å². The van der Waals surface area contributed by atoms with E-state index in [0.29, 0.717) is 10.1 Å². The van der Waals surface area contributed by atoms with Crippen LogP contribution < -0.4 is 0 Å². The van der Waals surface area contributed by atoms with Crippen molar-refractivity contribution in [2.45, 2.75) is 0 Å². The summed E-state index contributed by atoms with van der Waals surface area (Å²) in [6, 6.07) is 10.5. The average Bonchev–Trinajstić information content (AvgIpc) is 2.67. The molecule has 0 aliphatic carbocycles. The minimum absolute atomic E-state index is 0.0454. The van der Waals surface area contributed by atoms with Crippen LogP contribution in [0.4, 0.5) is 5.69 Å². The second-order valence-corrected chi connectivity index (χ2v) is 4.42. The van der Waals surface area contributed by atoms with Gasteiger partial charge >= 0.3 is 0 Å². The minimum atomic E-state index is -0.411. The first-order chi connectivity index (χ1) is 8.18. The lowest BCUT2D eigenvalue weighted by molar-refractivity contribution is -0.385. The molecule has 4 nitrogen and oxygen atoms in total. The van der Waals surface area contributed by atoms with E-state index in [1.54, 1.807) is 6.07 Å². The number of hydrogen-bond acceptors (Lipinski definition) is 3. The molecule has 3 rings (SSSR count). The molecule has 0 aliphatic rings. The van der Waals surface area contributed by atoms with Gasteiger partial charge in [0.25, 0.3) is 5.69 Å². The first-order valence-electron chi connectivity index (χ1n) is 4.92. The van der Waals surface area contributed by atoms with E-state index in [0.717, 1.165) is 16.4 Å². The van der Waals surface area contributed by atoms with Crippen LogP contribution in [0.3, 0.4) is 0 Å². The SMILES string of the molecule is O=[N+]([O-])c1ccc2oc3ccccc3c2c1Br. The molecule has 0 unspecified atom stereocenters. The maximum atomic E-state index is 10.9. The molecule has 3 aromatic rings. The van der Waals surface area contributed by atoms with Crippen molar-refractivity contribution in [1.29, 1.82) is 0 Å². The second kappa shape index (κ2) is 3.56. The normalized spacial score (nSPS) is 11.1. The predicted molar refractivity (Wildman–Crippen MR) is 68.1 cm³/mol. The van der Waals surface area contributed by atoms with Crippen molar-refractivity contribution in [2.24, 2.45) is 0 Å². The molecule has 0 N–H and O–H groups in total. The molecule has 5 heteroatoms. The van der Waals surface area contributed by atoms with Gasteiger partial charge in [0.1, 0.15) is 15.6 Å². The van der Waals surface area contributed by atoms with E-state index in [1.807, 2.05) is 24.3 Å². The Morgan fingerprint density at radius 3 is 2.65 bits per heavy atom. The van der Waals surface area contributed by atoms with E-state index >= 15 is 0 Å². The highest BCUT2D eigenvalue weighted by Crippen LogP contribution is 2.38. The molecular formula is C12H6BrNO3. The molecule has 1 heterocycles.